The quantitative estimate of drug-likeness (QED) is 0.863. The molecule has 0 aliphatic rings. The Morgan fingerprint density at radius 3 is 2.70 bits per heavy atom. The van der Waals surface area contributed by atoms with E-state index in [1.807, 2.05) is 0 Å². The number of H-pyrrole nitrogens is 1. The highest BCUT2D eigenvalue weighted by atomic mass is 35.5. The van der Waals surface area contributed by atoms with Crippen LogP contribution in [0.5, 0.6) is 0 Å². The van der Waals surface area contributed by atoms with Crippen LogP contribution in [0.1, 0.15) is 13.8 Å². The third-order valence-electron chi connectivity index (χ3n) is 3.48. The number of rotatable bonds is 5. The molecule has 0 radical (unpaired) electrons. The molecule has 1 aromatic heterocycles. The molecule has 2 aromatic rings. The first-order valence-corrected chi connectivity index (χ1v) is 7.50. The highest BCUT2D eigenvalue weighted by molar-refractivity contribution is 7.71. The molecule has 0 saturated carbocycles. The van der Waals surface area contributed by atoms with Gasteiger partial charge in [0.15, 0.2) is 4.77 Å². The van der Waals surface area contributed by atoms with Gasteiger partial charge in [0.1, 0.15) is 0 Å². The predicted molar refractivity (Wildman–Crippen MR) is 86.2 cm³/mol. The van der Waals surface area contributed by atoms with Gasteiger partial charge in [-0.15, -0.1) is 0 Å². The van der Waals surface area contributed by atoms with Gasteiger partial charge in [-0.05, 0) is 43.5 Å². The molecule has 0 saturated heterocycles. The highest BCUT2D eigenvalue weighted by Gasteiger charge is 2.07. The summed E-state index contributed by atoms with van der Waals surface area (Å²) in [5.74, 6) is 0. The summed E-state index contributed by atoms with van der Waals surface area (Å²) in [7, 11) is 0. The third kappa shape index (κ3) is 3.11. The highest BCUT2D eigenvalue weighted by Crippen LogP contribution is 2.14. The van der Waals surface area contributed by atoms with E-state index < -0.39 is 0 Å². The molecule has 0 aliphatic heterocycles. The maximum Gasteiger partial charge on any atom is 0.262 e. The van der Waals surface area contributed by atoms with E-state index in [9.17, 15) is 4.79 Å². The molecule has 6 heteroatoms. The minimum absolute atomic E-state index is 0.0848. The summed E-state index contributed by atoms with van der Waals surface area (Å²) in [6.45, 7) is 7.51. The van der Waals surface area contributed by atoms with E-state index in [2.05, 4.69) is 23.7 Å². The van der Waals surface area contributed by atoms with Crippen LogP contribution in [0, 0.1) is 4.77 Å². The Balaban J connectivity index is 2.43. The zero-order valence-electron chi connectivity index (χ0n) is 11.6. The predicted octanol–water partition coefficient (Wildman–Crippen LogP) is 3.05. The number of nitrogens with zero attached hydrogens (tertiary/aromatic N) is 2. The van der Waals surface area contributed by atoms with Gasteiger partial charge in [-0.1, -0.05) is 25.4 Å². The van der Waals surface area contributed by atoms with Crippen LogP contribution in [-0.4, -0.2) is 34.1 Å². The van der Waals surface area contributed by atoms with Crippen molar-refractivity contribution in [2.24, 2.45) is 0 Å². The molecule has 20 heavy (non-hydrogen) atoms. The topological polar surface area (TPSA) is 41.0 Å². The van der Waals surface area contributed by atoms with Gasteiger partial charge in [0.2, 0.25) is 0 Å². The van der Waals surface area contributed by atoms with Crippen molar-refractivity contribution in [3.8, 4) is 0 Å². The zero-order chi connectivity index (χ0) is 14.7. The molecule has 108 valence electrons. The van der Waals surface area contributed by atoms with Crippen molar-refractivity contribution in [1.29, 1.82) is 0 Å². The summed E-state index contributed by atoms with van der Waals surface area (Å²) in [6.07, 6.45) is 0. The number of nitrogens with one attached hydrogen (secondary N) is 1. The van der Waals surface area contributed by atoms with E-state index in [0.717, 1.165) is 25.2 Å². The number of likely N-dealkylation sites (N-methyl/N-ethyl adjacent to an activating group) is 1. The number of fused-ring (bicyclic) bond motifs is 1. The second kappa shape index (κ2) is 6.52. The van der Waals surface area contributed by atoms with Crippen molar-refractivity contribution in [1.82, 2.24) is 14.5 Å². The van der Waals surface area contributed by atoms with Crippen LogP contribution in [0.25, 0.3) is 10.9 Å². The summed E-state index contributed by atoms with van der Waals surface area (Å²) >= 11 is 11.2. The fraction of sp³-hybridized carbons (Fsp3) is 0.429. The van der Waals surface area contributed by atoms with E-state index in [1.165, 1.54) is 0 Å². The van der Waals surface area contributed by atoms with Crippen LogP contribution in [0.2, 0.25) is 5.02 Å². The molecule has 1 heterocycles. The Morgan fingerprint density at radius 2 is 2.05 bits per heavy atom. The van der Waals surface area contributed by atoms with Gasteiger partial charge >= 0.3 is 0 Å². The molecule has 0 amide bonds. The van der Waals surface area contributed by atoms with Gasteiger partial charge in [0.25, 0.3) is 5.56 Å². The largest absolute Gasteiger partial charge is 0.332 e. The second-order valence-corrected chi connectivity index (χ2v) is 5.43. The minimum atomic E-state index is -0.0848. The molecule has 2 rings (SSSR count). The van der Waals surface area contributed by atoms with Crippen LogP contribution in [0.3, 0.4) is 0 Å². The van der Waals surface area contributed by atoms with Gasteiger partial charge in [-0.25, -0.2) is 0 Å². The molecule has 0 spiro atoms. The summed E-state index contributed by atoms with van der Waals surface area (Å²) in [5, 5.41) is 1.13. The van der Waals surface area contributed by atoms with E-state index in [4.69, 9.17) is 23.8 Å². The van der Waals surface area contributed by atoms with E-state index >= 15 is 0 Å². The van der Waals surface area contributed by atoms with Gasteiger partial charge in [0.05, 0.1) is 10.9 Å². The molecule has 0 fully saturated rings. The fourth-order valence-electron chi connectivity index (χ4n) is 2.21. The van der Waals surface area contributed by atoms with Crippen LogP contribution in [0.15, 0.2) is 23.0 Å². The Morgan fingerprint density at radius 1 is 1.35 bits per heavy atom. The van der Waals surface area contributed by atoms with Gasteiger partial charge in [0, 0.05) is 18.1 Å². The van der Waals surface area contributed by atoms with E-state index in [-0.39, 0.29) is 5.56 Å². The first-order valence-electron chi connectivity index (χ1n) is 6.71. The van der Waals surface area contributed by atoms with Crippen LogP contribution in [-0.2, 0) is 6.54 Å². The number of aromatic amines is 1. The zero-order valence-corrected chi connectivity index (χ0v) is 13.2. The van der Waals surface area contributed by atoms with Crippen molar-refractivity contribution in [2.75, 3.05) is 19.6 Å². The van der Waals surface area contributed by atoms with Crippen LogP contribution >= 0.6 is 23.8 Å². The van der Waals surface area contributed by atoms with Crippen molar-refractivity contribution in [3.05, 3.63) is 38.3 Å². The smallest absolute Gasteiger partial charge is 0.262 e. The molecular formula is C14H18ClN3OS. The van der Waals surface area contributed by atoms with Gasteiger partial charge in [-0.3, -0.25) is 9.36 Å². The molecule has 1 N–H and O–H groups in total. The average Bonchev–Trinajstić information content (AvgIpc) is 2.44. The van der Waals surface area contributed by atoms with Gasteiger partial charge in [-0.2, -0.15) is 0 Å². The number of aromatic nitrogens is 2. The van der Waals surface area contributed by atoms with Crippen molar-refractivity contribution >= 4 is 34.7 Å². The van der Waals surface area contributed by atoms with Crippen molar-refractivity contribution in [3.63, 3.8) is 0 Å². The SMILES string of the molecule is CCN(CC)CCn1c(=S)[nH]c2ccc(Cl)cc2c1=O. The van der Waals surface area contributed by atoms with E-state index in [1.54, 1.807) is 22.8 Å². The minimum Gasteiger partial charge on any atom is -0.332 e. The standard InChI is InChI=1S/C14H18ClN3OS/c1-3-17(4-2)7-8-18-13(19)11-9-10(15)5-6-12(11)16-14(18)20/h5-6,9H,3-4,7-8H2,1-2H3,(H,16,20). The Hall–Kier alpha value is -1.17. The van der Waals surface area contributed by atoms with Crippen molar-refractivity contribution < 1.29 is 0 Å². The van der Waals surface area contributed by atoms with Crippen LogP contribution in [0.4, 0.5) is 0 Å². The lowest BCUT2D eigenvalue weighted by Gasteiger charge is -2.18. The molecule has 0 bridgehead atoms. The first-order chi connectivity index (χ1) is 9.56. The summed E-state index contributed by atoms with van der Waals surface area (Å²) in [4.78, 5) is 17.8. The summed E-state index contributed by atoms with van der Waals surface area (Å²) < 4.78 is 2.06. The molecule has 0 aliphatic carbocycles. The summed E-state index contributed by atoms with van der Waals surface area (Å²) in [5.41, 5.74) is 0.641. The van der Waals surface area contributed by atoms with Crippen LogP contribution < -0.4 is 5.56 Å². The van der Waals surface area contributed by atoms with Gasteiger partial charge < -0.3 is 9.88 Å². The number of hydrogen-bond donors (Lipinski definition) is 1. The van der Waals surface area contributed by atoms with E-state index in [0.29, 0.717) is 21.7 Å². The third-order valence-corrected chi connectivity index (χ3v) is 4.04. The molecule has 0 unspecified atom stereocenters. The van der Waals surface area contributed by atoms with Crippen molar-refractivity contribution in [2.45, 2.75) is 20.4 Å². The Kier molecular flexibility index (Phi) is 4.96. The lowest BCUT2D eigenvalue weighted by Crippen LogP contribution is -2.31. The maximum atomic E-state index is 12.5. The Labute approximate surface area is 128 Å². The Bertz CT molecular complexity index is 718. The number of hydrogen-bond acceptors (Lipinski definition) is 3. The first kappa shape index (κ1) is 15.2. The normalized spacial score (nSPS) is 11.4. The number of halogens is 1. The molecule has 4 nitrogen and oxygen atoms in total. The lowest BCUT2D eigenvalue weighted by atomic mass is 10.2. The monoisotopic (exact) mass is 311 g/mol. The summed E-state index contributed by atoms with van der Waals surface area (Å²) in [6, 6.07) is 5.21. The molecule has 1 aromatic carbocycles. The molecular weight excluding hydrogens is 294 g/mol. The number of benzene rings is 1. The lowest BCUT2D eigenvalue weighted by molar-refractivity contribution is 0.288. The fourth-order valence-corrected chi connectivity index (χ4v) is 2.66. The average molecular weight is 312 g/mol. The second-order valence-electron chi connectivity index (χ2n) is 4.60. The maximum absolute atomic E-state index is 12.5. The molecule has 0 atom stereocenters.